The highest BCUT2D eigenvalue weighted by Gasteiger charge is 2.30. The number of carbonyl (C=O) groups excluding carboxylic acids is 2. The summed E-state index contributed by atoms with van der Waals surface area (Å²) in [6, 6.07) is 4.99. The normalized spacial score (nSPS) is 13.9. The summed E-state index contributed by atoms with van der Waals surface area (Å²) in [5, 5.41) is 5.47. The predicted molar refractivity (Wildman–Crippen MR) is 66.6 cm³/mol. The predicted octanol–water partition coefficient (Wildman–Crippen LogP) is 0.471. The van der Waals surface area contributed by atoms with Crippen molar-refractivity contribution in [2.75, 3.05) is 25.6 Å². The highest BCUT2D eigenvalue weighted by atomic mass is 16.5. The van der Waals surface area contributed by atoms with Crippen LogP contribution in [0.5, 0.6) is 5.75 Å². The molecular weight excluding hydrogens is 234 g/mol. The summed E-state index contributed by atoms with van der Waals surface area (Å²) in [5.74, 6) is 0.168. The van der Waals surface area contributed by atoms with E-state index in [9.17, 15) is 9.59 Å². The number of ether oxygens (including phenoxy) is 1. The van der Waals surface area contributed by atoms with Crippen molar-refractivity contribution in [2.45, 2.75) is 6.54 Å². The van der Waals surface area contributed by atoms with Gasteiger partial charge in [0.15, 0.2) is 6.61 Å². The van der Waals surface area contributed by atoms with Gasteiger partial charge in [0.05, 0.1) is 5.69 Å². The molecule has 18 heavy (non-hydrogen) atoms. The van der Waals surface area contributed by atoms with E-state index in [0.717, 1.165) is 10.5 Å². The molecule has 0 saturated carbocycles. The molecule has 3 amide bonds. The van der Waals surface area contributed by atoms with Crippen LogP contribution in [0.3, 0.4) is 0 Å². The van der Waals surface area contributed by atoms with E-state index in [2.05, 4.69) is 10.6 Å². The number of anilines is 1. The first-order chi connectivity index (χ1) is 8.67. The molecule has 0 unspecified atom stereocenters. The number of nitrogens with zero attached hydrogens (tertiary/aromatic N) is 1. The molecule has 6 heteroatoms. The molecule has 1 aromatic carbocycles. The Morgan fingerprint density at radius 3 is 2.89 bits per heavy atom. The van der Waals surface area contributed by atoms with Crippen molar-refractivity contribution < 1.29 is 14.3 Å². The lowest BCUT2D eigenvalue weighted by atomic mass is 10.1. The van der Waals surface area contributed by atoms with Crippen LogP contribution in [-0.4, -0.2) is 32.6 Å². The third-order valence-corrected chi connectivity index (χ3v) is 2.66. The third-order valence-electron chi connectivity index (χ3n) is 2.66. The van der Waals surface area contributed by atoms with Crippen LogP contribution in [0, 0.1) is 0 Å². The molecule has 0 saturated heterocycles. The van der Waals surface area contributed by atoms with Gasteiger partial charge in [0, 0.05) is 13.6 Å². The molecule has 0 aromatic heterocycles. The van der Waals surface area contributed by atoms with Gasteiger partial charge in [-0.05, 0) is 24.7 Å². The minimum absolute atomic E-state index is 0.119. The van der Waals surface area contributed by atoms with Crippen LogP contribution in [0.2, 0.25) is 0 Å². The quantitative estimate of drug-likeness (QED) is 0.799. The average molecular weight is 249 g/mol. The van der Waals surface area contributed by atoms with Gasteiger partial charge in [-0.15, -0.1) is 0 Å². The fourth-order valence-electron chi connectivity index (χ4n) is 1.85. The number of fused-ring (bicyclic) bond motifs is 1. The largest absolute Gasteiger partial charge is 0.482 e. The van der Waals surface area contributed by atoms with Crippen LogP contribution >= 0.6 is 0 Å². The Morgan fingerprint density at radius 2 is 2.22 bits per heavy atom. The van der Waals surface area contributed by atoms with Crippen molar-refractivity contribution in [3.8, 4) is 5.75 Å². The zero-order valence-electron chi connectivity index (χ0n) is 10.3. The Hall–Kier alpha value is -2.08. The zero-order valence-corrected chi connectivity index (χ0v) is 10.3. The van der Waals surface area contributed by atoms with Crippen LogP contribution in [0.4, 0.5) is 10.5 Å². The van der Waals surface area contributed by atoms with Gasteiger partial charge in [0.2, 0.25) is 0 Å². The summed E-state index contributed by atoms with van der Waals surface area (Å²) < 4.78 is 5.30. The van der Waals surface area contributed by atoms with Gasteiger partial charge < -0.3 is 15.4 Å². The fraction of sp³-hybridized carbons (Fsp3) is 0.333. The van der Waals surface area contributed by atoms with Gasteiger partial charge in [-0.3, -0.25) is 4.79 Å². The zero-order chi connectivity index (χ0) is 13.1. The number of rotatable bonds is 2. The smallest absolute Gasteiger partial charge is 0.328 e. The van der Waals surface area contributed by atoms with E-state index < -0.39 is 6.03 Å². The number of benzene rings is 1. The number of imide groups is 1. The van der Waals surface area contributed by atoms with Crippen LogP contribution in [0.25, 0.3) is 0 Å². The van der Waals surface area contributed by atoms with E-state index in [-0.39, 0.29) is 12.5 Å². The maximum Gasteiger partial charge on any atom is 0.328 e. The van der Waals surface area contributed by atoms with Crippen LogP contribution < -0.4 is 20.3 Å². The minimum Gasteiger partial charge on any atom is -0.482 e. The van der Waals surface area contributed by atoms with Crippen molar-refractivity contribution in [2.24, 2.45) is 0 Å². The van der Waals surface area contributed by atoms with Gasteiger partial charge in [0.1, 0.15) is 5.75 Å². The number of hydrogen-bond donors (Lipinski definition) is 2. The molecule has 0 spiro atoms. The van der Waals surface area contributed by atoms with Crippen LogP contribution in [0.1, 0.15) is 5.56 Å². The molecule has 1 aliphatic heterocycles. The molecule has 1 heterocycles. The van der Waals surface area contributed by atoms with Crippen molar-refractivity contribution >= 4 is 17.6 Å². The second kappa shape index (κ2) is 5.05. The van der Waals surface area contributed by atoms with E-state index in [1.807, 2.05) is 13.1 Å². The standard InChI is InChI=1S/C12H15N3O3/c1-13-6-8-3-4-10-9(5-8)15(12(17)14-2)11(16)7-18-10/h3-5,13H,6-7H2,1-2H3,(H,14,17). The number of carbonyl (C=O) groups is 2. The third kappa shape index (κ3) is 2.14. The lowest BCUT2D eigenvalue weighted by Crippen LogP contribution is -2.47. The summed E-state index contributed by atoms with van der Waals surface area (Å²) in [7, 11) is 3.32. The average Bonchev–Trinajstić information content (AvgIpc) is 2.38. The highest BCUT2D eigenvalue weighted by Crippen LogP contribution is 2.32. The van der Waals surface area contributed by atoms with Crippen LogP contribution in [0.15, 0.2) is 18.2 Å². The Labute approximate surface area is 105 Å². The first kappa shape index (κ1) is 12.4. The van der Waals surface area contributed by atoms with Crippen molar-refractivity contribution in [1.82, 2.24) is 10.6 Å². The summed E-state index contributed by atoms with van der Waals surface area (Å²) in [4.78, 5) is 24.6. The monoisotopic (exact) mass is 249 g/mol. The molecule has 2 N–H and O–H groups in total. The van der Waals surface area contributed by atoms with Crippen LogP contribution in [-0.2, 0) is 11.3 Å². The molecule has 96 valence electrons. The molecule has 1 aliphatic rings. The summed E-state index contributed by atoms with van der Waals surface area (Å²) in [5.41, 5.74) is 1.46. The van der Waals surface area contributed by atoms with Crippen molar-refractivity contribution in [3.05, 3.63) is 23.8 Å². The number of amides is 3. The second-order valence-corrected chi connectivity index (χ2v) is 3.91. The first-order valence-corrected chi connectivity index (χ1v) is 5.62. The Morgan fingerprint density at radius 1 is 1.44 bits per heavy atom. The van der Waals surface area contributed by atoms with E-state index in [4.69, 9.17) is 4.74 Å². The second-order valence-electron chi connectivity index (χ2n) is 3.91. The molecule has 1 aromatic rings. The Bertz CT molecular complexity index is 487. The molecule has 0 bridgehead atoms. The maximum atomic E-state index is 11.8. The molecule has 6 nitrogen and oxygen atoms in total. The summed E-state index contributed by atoms with van der Waals surface area (Å²) in [6.07, 6.45) is 0. The molecule has 0 fully saturated rings. The van der Waals surface area contributed by atoms with Gasteiger partial charge in [-0.1, -0.05) is 6.07 Å². The van der Waals surface area contributed by atoms with E-state index in [1.165, 1.54) is 7.05 Å². The molecule has 0 aliphatic carbocycles. The molecule has 0 atom stereocenters. The topological polar surface area (TPSA) is 70.7 Å². The Balaban J connectivity index is 2.43. The van der Waals surface area contributed by atoms with Crippen molar-refractivity contribution in [3.63, 3.8) is 0 Å². The number of urea groups is 1. The lowest BCUT2D eigenvalue weighted by Gasteiger charge is -2.27. The number of hydrogen-bond acceptors (Lipinski definition) is 4. The van der Waals surface area contributed by atoms with Crippen molar-refractivity contribution in [1.29, 1.82) is 0 Å². The highest BCUT2D eigenvalue weighted by molar-refractivity contribution is 6.16. The minimum atomic E-state index is -0.453. The van der Waals surface area contributed by atoms with E-state index >= 15 is 0 Å². The van der Waals surface area contributed by atoms with Gasteiger partial charge in [-0.25, -0.2) is 9.69 Å². The lowest BCUT2D eigenvalue weighted by molar-refractivity contribution is -0.120. The van der Waals surface area contributed by atoms with Gasteiger partial charge in [-0.2, -0.15) is 0 Å². The maximum absolute atomic E-state index is 11.8. The van der Waals surface area contributed by atoms with Gasteiger partial charge in [0.25, 0.3) is 5.91 Å². The SMILES string of the molecule is CNCc1ccc2c(c1)N(C(=O)NC)C(=O)CO2. The summed E-state index contributed by atoms with van der Waals surface area (Å²) in [6.45, 7) is 0.537. The number of nitrogens with one attached hydrogen (secondary N) is 2. The Kier molecular flexibility index (Phi) is 3.47. The fourth-order valence-corrected chi connectivity index (χ4v) is 1.85. The molecule has 2 rings (SSSR count). The van der Waals surface area contributed by atoms with E-state index in [0.29, 0.717) is 18.0 Å². The molecule has 0 radical (unpaired) electrons. The van der Waals surface area contributed by atoms with Gasteiger partial charge >= 0.3 is 6.03 Å². The molecular formula is C12H15N3O3. The first-order valence-electron chi connectivity index (χ1n) is 5.62. The van der Waals surface area contributed by atoms with E-state index in [1.54, 1.807) is 12.1 Å². The summed E-state index contributed by atoms with van der Waals surface area (Å²) >= 11 is 0.